The van der Waals surface area contributed by atoms with E-state index in [1.165, 1.54) is 5.56 Å². The second-order valence-electron chi connectivity index (χ2n) is 6.69. The first kappa shape index (κ1) is 15.8. The summed E-state index contributed by atoms with van der Waals surface area (Å²) in [5, 5.41) is 3.26. The number of fused-ring (bicyclic) bond motifs is 1. The zero-order valence-corrected chi connectivity index (χ0v) is 14.9. The Balaban J connectivity index is 1.55. The average Bonchev–Trinajstić information content (AvgIpc) is 3.42. The van der Waals surface area contributed by atoms with Gasteiger partial charge in [0.2, 0.25) is 5.95 Å². The summed E-state index contributed by atoms with van der Waals surface area (Å²) in [6.07, 6.45) is 11.1. The van der Waals surface area contributed by atoms with E-state index in [0.29, 0.717) is 23.2 Å². The van der Waals surface area contributed by atoms with Gasteiger partial charge in [-0.3, -0.25) is 4.98 Å². The van der Waals surface area contributed by atoms with Gasteiger partial charge in [0, 0.05) is 38.2 Å². The van der Waals surface area contributed by atoms with Crippen LogP contribution in [0.15, 0.2) is 53.8 Å². The van der Waals surface area contributed by atoms with Crippen molar-refractivity contribution in [3.63, 3.8) is 0 Å². The molecule has 4 aromatic heterocycles. The third-order valence-corrected chi connectivity index (χ3v) is 4.82. The molecule has 1 atom stereocenters. The summed E-state index contributed by atoms with van der Waals surface area (Å²) in [7, 11) is 1.93. The van der Waals surface area contributed by atoms with Crippen molar-refractivity contribution in [3.8, 4) is 0 Å². The molecule has 8 nitrogen and oxygen atoms in total. The smallest absolute Gasteiger partial charge is 0.228 e. The van der Waals surface area contributed by atoms with Gasteiger partial charge >= 0.3 is 0 Å². The minimum atomic E-state index is 0.228. The van der Waals surface area contributed by atoms with Gasteiger partial charge in [0.15, 0.2) is 11.4 Å². The summed E-state index contributed by atoms with van der Waals surface area (Å²) in [5.74, 6) is 2.02. The van der Waals surface area contributed by atoms with Crippen molar-refractivity contribution in [1.29, 1.82) is 0 Å². The molecule has 1 fully saturated rings. The van der Waals surface area contributed by atoms with Gasteiger partial charge < -0.3 is 19.2 Å². The van der Waals surface area contributed by atoms with E-state index >= 15 is 0 Å². The van der Waals surface area contributed by atoms with Crippen molar-refractivity contribution in [1.82, 2.24) is 24.5 Å². The molecule has 0 radical (unpaired) electrons. The van der Waals surface area contributed by atoms with Gasteiger partial charge in [-0.1, -0.05) is 6.07 Å². The molecule has 0 amide bonds. The highest BCUT2D eigenvalue weighted by Gasteiger charge is 2.29. The number of anilines is 3. The number of nitrogens with one attached hydrogen (secondary N) is 1. The number of hydrogen-bond acceptors (Lipinski definition) is 7. The van der Waals surface area contributed by atoms with Crippen molar-refractivity contribution in [2.45, 2.75) is 18.9 Å². The monoisotopic (exact) mass is 361 g/mol. The van der Waals surface area contributed by atoms with Gasteiger partial charge in [0.05, 0.1) is 18.6 Å². The average molecular weight is 361 g/mol. The quantitative estimate of drug-likeness (QED) is 0.596. The normalized spacial score (nSPS) is 16.9. The maximum Gasteiger partial charge on any atom is 0.228 e. The Morgan fingerprint density at radius 3 is 3.04 bits per heavy atom. The fourth-order valence-corrected chi connectivity index (χ4v) is 3.59. The van der Waals surface area contributed by atoms with Gasteiger partial charge in [-0.25, -0.2) is 9.97 Å². The molecule has 1 aliphatic rings. The molecule has 1 unspecified atom stereocenters. The molecule has 5 rings (SSSR count). The first-order valence-corrected chi connectivity index (χ1v) is 8.95. The molecule has 136 valence electrons. The van der Waals surface area contributed by atoms with Crippen LogP contribution in [0.2, 0.25) is 0 Å². The zero-order valence-electron chi connectivity index (χ0n) is 14.9. The lowest BCUT2D eigenvalue weighted by Gasteiger charge is -2.25. The van der Waals surface area contributed by atoms with Crippen LogP contribution in [-0.4, -0.2) is 31.0 Å². The molecule has 8 heteroatoms. The first-order chi connectivity index (χ1) is 13.3. The van der Waals surface area contributed by atoms with E-state index < -0.39 is 0 Å². The van der Waals surface area contributed by atoms with Crippen molar-refractivity contribution in [2.24, 2.45) is 7.05 Å². The third kappa shape index (κ3) is 2.88. The lowest BCUT2D eigenvalue weighted by molar-refractivity contribution is 0.614. The van der Waals surface area contributed by atoms with Crippen molar-refractivity contribution in [3.05, 3.63) is 54.9 Å². The Hall–Kier alpha value is -3.42. The minimum Gasteiger partial charge on any atom is -0.459 e. The van der Waals surface area contributed by atoms with E-state index in [1.54, 1.807) is 18.8 Å². The lowest BCUT2D eigenvalue weighted by atomic mass is 10.1. The highest BCUT2D eigenvalue weighted by molar-refractivity contribution is 5.86. The molecule has 1 N–H and O–H groups in total. The molecule has 5 heterocycles. The summed E-state index contributed by atoms with van der Waals surface area (Å²) in [4.78, 5) is 20.3. The number of pyridine rings is 1. The summed E-state index contributed by atoms with van der Waals surface area (Å²) in [6.45, 7) is 0.909. The topological polar surface area (TPSA) is 84.9 Å². The molecule has 1 saturated heterocycles. The van der Waals surface area contributed by atoms with Crippen molar-refractivity contribution in [2.75, 3.05) is 16.8 Å². The number of nitrogens with zero attached hydrogens (tertiary/aromatic N) is 6. The Morgan fingerprint density at radius 1 is 1.26 bits per heavy atom. The van der Waals surface area contributed by atoms with Crippen LogP contribution in [0, 0.1) is 0 Å². The van der Waals surface area contributed by atoms with Crippen LogP contribution >= 0.6 is 0 Å². The van der Waals surface area contributed by atoms with Crippen LogP contribution in [0.5, 0.6) is 0 Å². The van der Waals surface area contributed by atoms with Crippen molar-refractivity contribution >= 4 is 28.7 Å². The molecule has 1 aliphatic heterocycles. The Bertz CT molecular complexity index is 1070. The van der Waals surface area contributed by atoms with E-state index in [1.807, 2.05) is 36.1 Å². The molecule has 0 saturated carbocycles. The fraction of sp³-hybridized carbons (Fsp3) is 0.263. The SMILES string of the molecule is Cn1cnc(Nc2nc(N3CCCC3c3cccnc3)nc3ccoc23)c1. The van der Waals surface area contributed by atoms with Crippen LogP contribution in [0.4, 0.5) is 17.6 Å². The number of rotatable bonds is 4. The maximum absolute atomic E-state index is 5.61. The molecule has 0 aliphatic carbocycles. The van der Waals surface area contributed by atoms with E-state index in [-0.39, 0.29) is 6.04 Å². The van der Waals surface area contributed by atoms with Gasteiger partial charge in [0.1, 0.15) is 11.3 Å². The molecule has 0 bridgehead atoms. The van der Waals surface area contributed by atoms with E-state index in [0.717, 1.165) is 24.9 Å². The predicted octanol–water partition coefficient (Wildman–Crippen LogP) is 3.44. The van der Waals surface area contributed by atoms with Crippen LogP contribution in [0.25, 0.3) is 11.1 Å². The highest BCUT2D eigenvalue weighted by Crippen LogP contribution is 2.36. The lowest BCUT2D eigenvalue weighted by Crippen LogP contribution is -2.25. The highest BCUT2D eigenvalue weighted by atomic mass is 16.3. The van der Waals surface area contributed by atoms with Gasteiger partial charge in [0.25, 0.3) is 0 Å². The van der Waals surface area contributed by atoms with Crippen molar-refractivity contribution < 1.29 is 4.42 Å². The summed E-state index contributed by atoms with van der Waals surface area (Å²) >= 11 is 0. The Kier molecular flexibility index (Phi) is 3.74. The van der Waals surface area contributed by atoms with Gasteiger partial charge in [-0.05, 0) is 24.5 Å². The van der Waals surface area contributed by atoms with E-state index in [2.05, 4.69) is 26.3 Å². The predicted molar refractivity (Wildman–Crippen MR) is 102 cm³/mol. The number of aryl methyl sites for hydroxylation is 1. The molecule has 0 aromatic carbocycles. The maximum atomic E-state index is 5.61. The summed E-state index contributed by atoms with van der Waals surface area (Å²) in [6, 6.07) is 6.17. The molecule has 27 heavy (non-hydrogen) atoms. The number of imidazole rings is 1. The standard InChI is InChI=1S/C19H19N7O/c1-25-11-16(21-12-25)23-18-17-14(6-9-27-17)22-19(24-18)26-8-3-5-15(26)13-4-2-7-20-10-13/h2,4,6-7,9-12,15H,3,5,8H2,1H3,(H,22,23,24). The van der Waals surface area contributed by atoms with Crippen LogP contribution in [0.1, 0.15) is 24.4 Å². The number of hydrogen-bond donors (Lipinski definition) is 1. The van der Waals surface area contributed by atoms with Crippen LogP contribution < -0.4 is 10.2 Å². The second-order valence-corrected chi connectivity index (χ2v) is 6.69. The van der Waals surface area contributed by atoms with Crippen LogP contribution in [0.3, 0.4) is 0 Å². The van der Waals surface area contributed by atoms with Crippen LogP contribution in [-0.2, 0) is 7.05 Å². The number of aromatic nitrogens is 5. The zero-order chi connectivity index (χ0) is 18.2. The molecular formula is C19H19N7O. The molecule has 4 aromatic rings. The Morgan fingerprint density at radius 2 is 2.22 bits per heavy atom. The number of furan rings is 1. The van der Waals surface area contributed by atoms with Gasteiger partial charge in [-0.15, -0.1) is 0 Å². The van der Waals surface area contributed by atoms with Gasteiger partial charge in [-0.2, -0.15) is 4.98 Å². The second kappa shape index (κ2) is 6.39. The summed E-state index contributed by atoms with van der Waals surface area (Å²) in [5.41, 5.74) is 2.59. The minimum absolute atomic E-state index is 0.228. The third-order valence-electron chi connectivity index (χ3n) is 4.82. The Labute approximate surface area is 155 Å². The molecular weight excluding hydrogens is 342 g/mol. The van der Waals surface area contributed by atoms with E-state index in [9.17, 15) is 0 Å². The summed E-state index contributed by atoms with van der Waals surface area (Å²) < 4.78 is 7.48. The largest absolute Gasteiger partial charge is 0.459 e. The fourth-order valence-electron chi connectivity index (χ4n) is 3.59. The first-order valence-electron chi connectivity index (χ1n) is 8.95. The van der Waals surface area contributed by atoms with E-state index in [4.69, 9.17) is 14.4 Å². The molecule has 0 spiro atoms.